The topological polar surface area (TPSA) is 54.9 Å². The van der Waals surface area contributed by atoms with Crippen molar-refractivity contribution in [1.29, 1.82) is 0 Å². The predicted octanol–water partition coefficient (Wildman–Crippen LogP) is 3.08. The minimum Gasteiger partial charge on any atom is -0.379 e. The Bertz CT molecular complexity index is 505. The van der Waals surface area contributed by atoms with Crippen LogP contribution >= 0.6 is 24.0 Å². The molecule has 0 heterocycles. The van der Waals surface area contributed by atoms with E-state index in [1.165, 1.54) is 0 Å². The van der Waals surface area contributed by atoms with Crippen LogP contribution in [0, 0.1) is 11.6 Å². The number of aliphatic imine (C=N–C) groups is 1. The molecule has 2 N–H and O–H groups in total. The van der Waals surface area contributed by atoms with Crippen LogP contribution in [0.1, 0.15) is 25.3 Å². The highest BCUT2D eigenvalue weighted by Gasteiger charge is 2.05. The van der Waals surface area contributed by atoms with Crippen molar-refractivity contribution >= 4 is 29.9 Å². The Hall–Kier alpha value is -1.00. The van der Waals surface area contributed by atoms with Gasteiger partial charge in [-0.05, 0) is 24.6 Å². The van der Waals surface area contributed by atoms with Crippen LogP contribution in [0.4, 0.5) is 8.78 Å². The molecule has 0 spiro atoms. The highest BCUT2D eigenvalue weighted by Crippen LogP contribution is 2.08. The lowest BCUT2D eigenvalue weighted by Gasteiger charge is -2.12. The Morgan fingerprint density at radius 3 is 2.48 bits per heavy atom. The molecule has 0 unspecified atom stereocenters. The van der Waals surface area contributed by atoms with Crippen molar-refractivity contribution in [2.24, 2.45) is 4.99 Å². The van der Waals surface area contributed by atoms with E-state index in [9.17, 15) is 8.78 Å². The molecule has 0 amide bonds. The van der Waals surface area contributed by atoms with Gasteiger partial charge in [0.2, 0.25) is 0 Å². The lowest BCUT2D eigenvalue weighted by molar-refractivity contribution is 0.0487. The molecule has 0 aliphatic rings. The molecule has 1 rings (SSSR count). The van der Waals surface area contributed by atoms with Crippen LogP contribution in [0.5, 0.6) is 0 Å². The van der Waals surface area contributed by atoms with Gasteiger partial charge in [-0.15, -0.1) is 24.0 Å². The van der Waals surface area contributed by atoms with Gasteiger partial charge < -0.3 is 20.1 Å². The summed E-state index contributed by atoms with van der Waals surface area (Å²) in [6.07, 6.45) is 2.19. The number of unbranched alkanes of at least 4 members (excludes halogenated alkanes) is 1. The summed E-state index contributed by atoms with van der Waals surface area (Å²) in [4.78, 5) is 4.02. The quantitative estimate of drug-likeness (QED) is 0.226. The van der Waals surface area contributed by atoms with Crippen LogP contribution in [-0.2, 0) is 16.0 Å². The van der Waals surface area contributed by atoms with Gasteiger partial charge in [-0.3, -0.25) is 4.99 Å². The van der Waals surface area contributed by atoms with Gasteiger partial charge in [0.1, 0.15) is 11.6 Å². The Labute approximate surface area is 165 Å². The molecular weight excluding hydrogens is 443 g/mol. The van der Waals surface area contributed by atoms with Gasteiger partial charge in [0.25, 0.3) is 0 Å². The number of guanidine groups is 1. The lowest BCUT2D eigenvalue weighted by Crippen LogP contribution is -2.38. The van der Waals surface area contributed by atoms with Gasteiger partial charge in [0.05, 0.1) is 19.8 Å². The summed E-state index contributed by atoms with van der Waals surface area (Å²) in [5.41, 5.74) is 0.249. The smallest absolute Gasteiger partial charge is 0.191 e. The highest BCUT2D eigenvalue weighted by molar-refractivity contribution is 14.0. The summed E-state index contributed by atoms with van der Waals surface area (Å²) in [5.74, 6) is -0.419. The van der Waals surface area contributed by atoms with Gasteiger partial charge in [-0.1, -0.05) is 13.3 Å². The van der Waals surface area contributed by atoms with Gasteiger partial charge in [-0.2, -0.15) is 0 Å². The Morgan fingerprint density at radius 2 is 1.80 bits per heavy atom. The van der Waals surface area contributed by atoms with Crippen molar-refractivity contribution in [3.63, 3.8) is 0 Å². The van der Waals surface area contributed by atoms with Crippen molar-refractivity contribution in [1.82, 2.24) is 10.6 Å². The normalized spacial score (nSPS) is 11.1. The molecule has 144 valence electrons. The third kappa shape index (κ3) is 11.3. The van der Waals surface area contributed by atoms with E-state index in [1.807, 2.05) is 0 Å². The molecule has 0 saturated carbocycles. The first kappa shape index (κ1) is 24.0. The molecule has 0 aliphatic carbocycles. The van der Waals surface area contributed by atoms with E-state index in [0.29, 0.717) is 32.3 Å². The van der Waals surface area contributed by atoms with Gasteiger partial charge in [0, 0.05) is 32.3 Å². The number of hydrogen-bond acceptors (Lipinski definition) is 3. The number of halogens is 3. The monoisotopic (exact) mass is 471 g/mol. The first-order valence-corrected chi connectivity index (χ1v) is 8.21. The van der Waals surface area contributed by atoms with Crippen LogP contribution in [0.3, 0.4) is 0 Å². The van der Waals surface area contributed by atoms with E-state index < -0.39 is 11.6 Å². The van der Waals surface area contributed by atoms with E-state index in [2.05, 4.69) is 22.5 Å². The van der Waals surface area contributed by atoms with Crippen LogP contribution in [0.25, 0.3) is 0 Å². The molecule has 1 aromatic carbocycles. The fourth-order valence-electron chi connectivity index (χ4n) is 1.89. The van der Waals surface area contributed by atoms with Gasteiger partial charge in [-0.25, -0.2) is 8.78 Å². The van der Waals surface area contributed by atoms with E-state index in [0.717, 1.165) is 37.6 Å². The second kappa shape index (κ2) is 15.3. The first-order chi connectivity index (χ1) is 11.7. The van der Waals surface area contributed by atoms with E-state index in [4.69, 9.17) is 9.47 Å². The summed E-state index contributed by atoms with van der Waals surface area (Å²) in [6, 6.07) is 3.37. The van der Waals surface area contributed by atoms with Crippen molar-refractivity contribution in [2.45, 2.75) is 26.3 Å². The Morgan fingerprint density at radius 1 is 1.08 bits per heavy atom. The molecule has 5 nitrogen and oxygen atoms in total. The predicted molar refractivity (Wildman–Crippen MR) is 107 cm³/mol. The van der Waals surface area contributed by atoms with Crippen molar-refractivity contribution in [2.75, 3.05) is 40.0 Å². The molecule has 0 aromatic heterocycles. The standard InChI is InChI=1S/C17H27F2N3O2.HI/c1-3-4-8-23-10-11-24-9-7-21-17(20-2)22-13-14-12-15(18)5-6-16(14)19;/h5-6,12H,3-4,7-11,13H2,1-2H3,(H2,20,21,22);1H. The number of rotatable bonds is 11. The maximum Gasteiger partial charge on any atom is 0.191 e. The molecule has 0 saturated heterocycles. The average Bonchev–Trinajstić information content (AvgIpc) is 2.58. The number of benzene rings is 1. The maximum absolute atomic E-state index is 13.5. The zero-order valence-electron chi connectivity index (χ0n) is 14.8. The molecule has 8 heteroatoms. The molecule has 0 bridgehead atoms. The summed E-state index contributed by atoms with van der Waals surface area (Å²) < 4.78 is 37.4. The minimum absolute atomic E-state index is 0. The van der Waals surface area contributed by atoms with Crippen LogP contribution in [0.2, 0.25) is 0 Å². The van der Waals surface area contributed by atoms with Crippen molar-refractivity contribution in [3.05, 3.63) is 35.4 Å². The highest BCUT2D eigenvalue weighted by atomic mass is 127. The third-order valence-corrected chi connectivity index (χ3v) is 3.23. The molecule has 0 radical (unpaired) electrons. The van der Waals surface area contributed by atoms with Gasteiger partial charge >= 0.3 is 0 Å². The second-order valence-electron chi connectivity index (χ2n) is 5.17. The zero-order chi connectivity index (χ0) is 17.6. The molecular formula is C17H28F2IN3O2. The molecule has 0 aliphatic heterocycles. The summed E-state index contributed by atoms with van der Waals surface area (Å²) >= 11 is 0. The third-order valence-electron chi connectivity index (χ3n) is 3.23. The zero-order valence-corrected chi connectivity index (χ0v) is 17.1. The number of nitrogens with zero attached hydrogens (tertiary/aromatic N) is 1. The molecule has 1 aromatic rings. The van der Waals surface area contributed by atoms with Crippen molar-refractivity contribution < 1.29 is 18.3 Å². The summed E-state index contributed by atoms with van der Waals surface area (Å²) in [5, 5.41) is 5.97. The Balaban J connectivity index is 0.00000576. The number of nitrogens with one attached hydrogen (secondary N) is 2. The average molecular weight is 471 g/mol. The number of hydrogen-bond donors (Lipinski definition) is 2. The molecule has 25 heavy (non-hydrogen) atoms. The number of ether oxygens (including phenoxy) is 2. The lowest BCUT2D eigenvalue weighted by atomic mass is 10.2. The fraction of sp³-hybridized carbons (Fsp3) is 0.588. The minimum atomic E-state index is -0.467. The van der Waals surface area contributed by atoms with E-state index in [1.54, 1.807) is 7.05 Å². The molecule has 0 atom stereocenters. The maximum atomic E-state index is 13.5. The van der Waals surface area contributed by atoms with Crippen LogP contribution in [-0.4, -0.2) is 46.0 Å². The molecule has 0 fully saturated rings. The van der Waals surface area contributed by atoms with E-state index in [-0.39, 0.29) is 36.1 Å². The van der Waals surface area contributed by atoms with Crippen molar-refractivity contribution in [3.8, 4) is 0 Å². The first-order valence-electron chi connectivity index (χ1n) is 8.21. The fourth-order valence-corrected chi connectivity index (χ4v) is 1.89. The van der Waals surface area contributed by atoms with Gasteiger partial charge in [0.15, 0.2) is 5.96 Å². The van der Waals surface area contributed by atoms with E-state index >= 15 is 0 Å². The van der Waals surface area contributed by atoms with Crippen LogP contribution in [0.15, 0.2) is 23.2 Å². The summed E-state index contributed by atoms with van der Waals surface area (Å²) in [6.45, 7) is 5.24. The SMILES string of the molecule is CCCCOCCOCCNC(=NC)NCc1cc(F)ccc1F.I. The second-order valence-corrected chi connectivity index (χ2v) is 5.17. The Kier molecular flexibility index (Phi) is 14.7. The van der Waals surface area contributed by atoms with Crippen LogP contribution < -0.4 is 10.6 Å². The largest absolute Gasteiger partial charge is 0.379 e. The summed E-state index contributed by atoms with van der Waals surface area (Å²) in [7, 11) is 1.61.